The lowest BCUT2D eigenvalue weighted by Gasteiger charge is -2.21. The maximum atomic E-state index is 11.3. The van der Waals surface area contributed by atoms with E-state index in [0.717, 1.165) is 19.3 Å². The summed E-state index contributed by atoms with van der Waals surface area (Å²) in [5, 5.41) is 0. The third-order valence-corrected chi connectivity index (χ3v) is 5.18. The Labute approximate surface area is 70.3 Å². The van der Waals surface area contributed by atoms with Gasteiger partial charge in [-0.3, -0.25) is 4.79 Å². The molecule has 0 unspecified atom stereocenters. The van der Waals surface area contributed by atoms with Crippen LogP contribution in [0.1, 0.15) is 19.3 Å². The predicted molar refractivity (Wildman–Crippen MR) is 48.6 cm³/mol. The Morgan fingerprint density at radius 3 is 2.20 bits per heavy atom. The third kappa shape index (κ3) is 1.21. The summed E-state index contributed by atoms with van der Waals surface area (Å²) in [4.78, 5) is 11.3. The molecule has 1 fully saturated rings. The van der Waals surface area contributed by atoms with Gasteiger partial charge in [-0.15, -0.1) is 23.5 Å². The molecule has 1 rings (SSSR count). The van der Waals surface area contributed by atoms with Crippen LogP contribution in [0.25, 0.3) is 0 Å². The number of rotatable bonds is 2. The largest absolute Gasteiger partial charge is 0.297 e. The zero-order chi connectivity index (χ0) is 7.61. The van der Waals surface area contributed by atoms with Crippen molar-refractivity contribution in [2.45, 2.75) is 23.3 Å². The Balaban J connectivity index is 2.71. The van der Waals surface area contributed by atoms with E-state index in [0.29, 0.717) is 5.78 Å². The molecule has 0 amide bonds. The van der Waals surface area contributed by atoms with E-state index in [1.165, 1.54) is 0 Å². The van der Waals surface area contributed by atoms with Gasteiger partial charge in [0.2, 0.25) is 0 Å². The number of carbonyl (C=O) groups is 1. The summed E-state index contributed by atoms with van der Waals surface area (Å²) in [5.74, 6) is 0.438. The highest BCUT2D eigenvalue weighted by molar-refractivity contribution is 8.18. The highest BCUT2D eigenvalue weighted by Gasteiger charge is 2.40. The zero-order valence-corrected chi connectivity index (χ0v) is 7.98. The first-order chi connectivity index (χ1) is 4.75. The van der Waals surface area contributed by atoms with Crippen molar-refractivity contribution in [3.8, 4) is 0 Å². The van der Waals surface area contributed by atoms with Crippen molar-refractivity contribution in [2.75, 3.05) is 12.5 Å². The summed E-state index contributed by atoms with van der Waals surface area (Å²) in [6.07, 6.45) is 7.00. The van der Waals surface area contributed by atoms with E-state index in [1.807, 2.05) is 12.5 Å². The molecule has 1 aliphatic rings. The number of ketones is 1. The molecule has 0 heterocycles. The molecule has 10 heavy (non-hydrogen) atoms. The lowest BCUT2D eigenvalue weighted by molar-refractivity contribution is -0.117. The summed E-state index contributed by atoms with van der Waals surface area (Å²) in [5.41, 5.74) is 0. The minimum absolute atomic E-state index is 0.0694. The van der Waals surface area contributed by atoms with E-state index in [9.17, 15) is 4.79 Å². The molecule has 3 heteroatoms. The van der Waals surface area contributed by atoms with Crippen LogP contribution in [0.2, 0.25) is 0 Å². The standard InChI is InChI=1S/C7H12OS2/c1-9-7(10-2)5-3-4-6(7)8/h3-5H2,1-2H3. The average molecular weight is 176 g/mol. The number of hydrogen-bond acceptors (Lipinski definition) is 3. The van der Waals surface area contributed by atoms with Crippen LogP contribution in [0.3, 0.4) is 0 Å². The quantitative estimate of drug-likeness (QED) is 0.600. The van der Waals surface area contributed by atoms with E-state index in [-0.39, 0.29) is 4.08 Å². The summed E-state index contributed by atoms with van der Waals surface area (Å²) in [6, 6.07) is 0. The molecule has 58 valence electrons. The fourth-order valence-electron chi connectivity index (χ4n) is 1.33. The predicted octanol–water partition coefficient (Wildman–Crippen LogP) is 2.16. The summed E-state index contributed by atoms with van der Waals surface area (Å²) in [7, 11) is 0. The van der Waals surface area contributed by atoms with Crippen LogP contribution < -0.4 is 0 Å². The minimum Gasteiger partial charge on any atom is -0.297 e. The van der Waals surface area contributed by atoms with E-state index >= 15 is 0 Å². The maximum Gasteiger partial charge on any atom is 0.158 e. The van der Waals surface area contributed by atoms with Gasteiger partial charge < -0.3 is 0 Å². The first kappa shape index (κ1) is 8.47. The molecule has 1 aliphatic carbocycles. The average Bonchev–Trinajstić information content (AvgIpc) is 2.32. The van der Waals surface area contributed by atoms with Crippen molar-refractivity contribution in [2.24, 2.45) is 0 Å². The van der Waals surface area contributed by atoms with Crippen LogP contribution in [-0.4, -0.2) is 22.4 Å². The molecular formula is C7H12OS2. The lowest BCUT2D eigenvalue weighted by atomic mass is 10.3. The van der Waals surface area contributed by atoms with Crippen LogP contribution in [0.5, 0.6) is 0 Å². The summed E-state index contributed by atoms with van der Waals surface area (Å²) in [6.45, 7) is 0. The van der Waals surface area contributed by atoms with E-state index in [4.69, 9.17) is 0 Å². The summed E-state index contributed by atoms with van der Waals surface area (Å²) < 4.78 is -0.0694. The second-order valence-electron chi connectivity index (χ2n) is 2.44. The van der Waals surface area contributed by atoms with Gasteiger partial charge in [0, 0.05) is 6.42 Å². The van der Waals surface area contributed by atoms with Crippen LogP contribution in [-0.2, 0) is 4.79 Å². The second-order valence-corrected chi connectivity index (χ2v) is 4.91. The van der Waals surface area contributed by atoms with Crippen molar-refractivity contribution in [3.63, 3.8) is 0 Å². The van der Waals surface area contributed by atoms with E-state index < -0.39 is 0 Å². The van der Waals surface area contributed by atoms with Gasteiger partial charge in [-0.2, -0.15) is 0 Å². The molecule has 0 radical (unpaired) electrons. The molecule has 0 bridgehead atoms. The van der Waals surface area contributed by atoms with Crippen molar-refractivity contribution < 1.29 is 4.79 Å². The van der Waals surface area contributed by atoms with Crippen LogP contribution in [0, 0.1) is 0 Å². The normalized spacial score (nSPS) is 23.6. The van der Waals surface area contributed by atoms with Crippen LogP contribution >= 0.6 is 23.5 Å². The minimum atomic E-state index is -0.0694. The lowest BCUT2D eigenvalue weighted by Crippen LogP contribution is -2.24. The molecule has 0 N–H and O–H groups in total. The Hall–Kier alpha value is 0.370. The van der Waals surface area contributed by atoms with Crippen LogP contribution in [0.4, 0.5) is 0 Å². The maximum absolute atomic E-state index is 11.3. The number of carbonyl (C=O) groups excluding carboxylic acids is 1. The smallest absolute Gasteiger partial charge is 0.158 e. The van der Waals surface area contributed by atoms with Gasteiger partial charge in [-0.1, -0.05) is 0 Å². The molecule has 0 saturated heterocycles. The van der Waals surface area contributed by atoms with Crippen molar-refractivity contribution in [3.05, 3.63) is 0 Å². The number of thioether (sulfide) groups is 2. The van der Waals surface area contributed by atoms with Crippen LogP contribution in [0.15, 0.2) is 0 Å². The second kappa shape index (κ2) is 3.18. The Kier molecular flexibility index (Phi) is 2.69. The SMILES string of the molecule is CSC1(SC)CCCC1=O. The van der Waals surface area contributed by atoms with Gasteiger partial charge in [0.25, 0.3) is 0 Å². The van der Waals surface area contributed by atoms with Gasteiger partial charge in [-0.25, -0.2) is 0 Å². The van der Waals surface area contributed by atoms with Gasteiger partial charge in [0.1, 0.15) is 4.08 Å². The van der Waals surface area contributed by atoms with Crippen molar-refractivity contribution in [1.82, 2.24) is 0 Å². The highest BCUT2D eigenvalue weighted by atomic mass is 32.2. The first-order valence-electron chi connectivity index (χ1n) is 3.39. The van der Waals surface area contributed by atoms with Crippen molar-refractivity contribution in [1.29, 1.82) is 0 Å². The molecule has 0 aromatic heterocycles. The molecular weight excluding hydrogens is 164 g/mol. The Bertz CT molecular complexity index is 141. The molecule has 1 nitrogen and oxygen atoms in total. The molecule has 0 aromatic rings. The fraction of sp³-hybridized carbons (Fsp3) is 0.857. The molecule has 0 aliphatic heterocycles. The van der Waals surface area contributed by atoms with Gasteiger partial charge in [0.15, 0.2) is 5.78 Å². The fourth-order valence-corrected chi connectivity index (χ4v) is 3.35. The number of Topliss-reactive ketones (excluding diaryl/α,β-unsaturated/α-hetero) is 1. The highest BCUT2D eigenvalue weighted by Crippen LogP contribution is 2.44. The Morgan fingerprint density at radius 2 is 2.00 bits per heavy atom. The first-order valence-corrected chi connectivity index (χ1v) is 5.84. The molecule has 0 atom stereocenters. The van der Waals surface area contributed by atoms with Gasteiger partial charge in [0.05, 0.1) is 0 Å². The Morgan fingerprint density at radius 1 is 1.40 bits per heavy atom. The zero-order valence-electron chi connectivity index (χ0n) is 6.35. The summed E-state index contributed by atoms with van der Waals surface area (Å²) >= 11 is 3.40. The molecule has 0 spiro atoms. The van der Waals surface area contributed by atoms with Crippen molar-refractivity contribution >= 4 is 29.3 Å². The van der Waals surface area contributed by atoms with E-state index in [1.54, 1.807) is 23.5 Å². The molecule has 0 aromatic carbocycles. The number of hydrogen-bond donors (Lipinski definition) is 0. The van der Waals surface area contributed by atoms with Gasteiger partial charge >= 0.3 is 0 Å². The third-order valence-electron chi connectivity index (χ3n) is 1.99. The topological polar surface area (TPSA) is 17.1 Å². The monoisotopic (exact) mass is 176 g/mol. The molecule has 1 saturated carbocycles. The van der Waals surface area contributed by atoms with Gasteiger partial charge in [-0.05, 0) is 25.4 Å². The van der Waals surface area contributed by atoms with E-state index in [2.05, 4.69) is 0 Å².